The van der Waals surface area contributed by atoms with Crippen molar-refractivity contribution in [3.63, 3.8) is 0 Å². The van der Waals surface area contributed by atoms with E-state index in [1.165, 1.54) is 6.26 Å². The lowest BCUT2D eigenvalue weighted by Gasteiger charge is -2.39. The molecular formula is C15H20N4O2S. The van der Waals surface area contributed by atoms with Gasteiger partial charge in [-0.05, 0) is 25.0 Å². The molecule has 1 atom stereocenters. The lowest BCUT2D eigenvalue weighted by atomic mass is 9.93. The zero-order valence-electron chi connectivity index (χ0n) is 12.5. The van der Waals surface area contributed by atoms with Crippen molar-refractivity contribution in [3.05, 3.63) is 30.7 Å². The van der Waals surface area contributed by atoms with E-state index in [2.05, 4.69) is 14.9 Å². The van der Waals surface area contributed by atoms with Gasteiger partial charge in [-0.15, -0.1) is 0 Å². The minimum absolute atomic E-state index is 0.0504. The minimum Gasteiger partial charge on any atom is -0.389 e. The fraction of sp³-hybridized carbons (Fsp3) is 0.467. The van der Waals surface area contributed by atoms with Crippen LogP contribution in [0.5, 0.6) is 0 Å². The first-order valence-electron chi connectivity index (χ1n) is 7.24. The summed E-state index contributed by atoms with van der Waals surface area (Å²) in [5.74, 6) is 0.0504. The number of fused-ring (bicyclic) bond motifs is 1. The number of piperidine rings is 1. The zero-order chi connectivity index (χ0) is 15.8. The number of aromatic nitrogens is 2. The summed E-state index contributed by atoms with van der Waals surface area (Å²) in [7, 11) is -2.69. The quantitative estimate of drug-likeness (QED) is 0.897. The predicted octanol–water partition coefficient (Wildman–Crippen LogP) is 1.64. The monoisotopic (exact) mass is 320 g/mol. The van der Waals surface area contributed by atoms with Gasteiger partial charge in [-0.25, -0.2) is 0 Å². The van der Waals surface area contributed by atoms with Crippen molar-refractivity contribution in [3.8, 4) is 0 Å². The molecule has 3 heterocycles. The first kappa shape index (κ1) is 15.2. The second-order valence-electron chi connectivity index (χ2n) is 6.08. The Morgan fingerprint density at radius 2 is 2.09 bits per heavy atom. The summed E-state index contributed by atoms with van der Waals surface area (Å²) in [6.45, 7) is 1.35. The molecule has 1 aliphatic rings. The van der Waals surface area contributed by atoms with Gasteiger partial charge in [0.15, 0.2) is 0 Å². The largest absolute Gasteiger partial charge is 0.389 e. The molecule has 0 radical (unpaired) electrons. The van der Waals surface area contributed by atoms with Crippen molar-refractivity contribution >= 4 is 26.3 Å². The van der Waals surface area contributed by atoms with Crippen LogP contribution >= 0.6 is 0 Å². The number of hydrogen-bond donors (Lipinski definition) is 2. The van der Waals surface area contributed by atoms with Crippen LogP contribution in [-0.2, 0) is 9.73 Å². The Bertz CT molecular complexity index is 778. The van der Waals surface area contributed by atoms with Crippen molar-refractivity contribution in [1.82, 2.24) is 9.97 Å². The Labute approximate surface area is 130 Å². The highest BCUT2D eigenvalue weighted by Crippen LogP contribution is 2.31. The van der Waals surface area contributed by atoms with Crippen LogP contribution in [0.1, 0.15) is 12.8 Å². The molecule has 2 N–H and O–H groups in total. The van der Waals surface area contributed by atoms with Gasteiger partial charge in [0.1, 0.15) is 0 Å². The molecule has 1 fully saturated rings. The van der Waals surface area contributed by atoms with Crippen LogP contribution in [0, 0.1) is 4.78 Å². The average Bonchev–Trinajstić information content (AvgIpc) is 2.45. The first-order valence-corrected chi connectivity index (χ1v) is 9.37. The van der Waals surface area contributed by atoms with E-state index in [1.807, 2.05) is 12.1 Å². The van der Waals surface area contributed by atoms with Gasteiger partial charge in [-0.2, -0.15) is 0 Å². The van der Waals surface area contributed by atoms with Crippen LogP contribution in [-0.4, -0.2) is 50.0 Å². The highest BCUT2D eigenvalue weighted by molar-refractivity contribution is 7.91. The molecule has 0 aliphatic carbocycles. The van der Waals surface area contributed by atoms with Crippen LogP contribution in [0.25, 0.3) is 10.9 Å². The Kier molecular flexibility index (Phi) is 3.78. The van der Waals surface area contributed by atoms with Crippen molar-refractivity contribution in [2.75, 3.05) is 30.0 Å². The molecular weight excluding hydrogens is 300 g/mol. The molecule has 6 nitrogen and oxygen atoms in total. The third-order valence-electron chi connectivity index (χ3n) is 4.10. The maximum absolute atomic E-state index is 11.7. The highest BCUT2D eigenvalue weighted by atomic mass is 32.2. The van der Waals surface area contributed by atoms with Crippen molar-refractivity contribution < 1.29 is 9.32 Å². The number of rotatable bonds is 3. The summed E-state index contributed by atoms with van der Waals surface area (Å²) in [5, 5.41) is 11.6. The van der Waals surface area contributed by atoms with Gasteiger partial charge in [-0.1, -0.05) is 0 Å². The molecule has 1 aliphatic heterocycles. The summed E-state index contributed by atoms with van der Waals surface area (Å²) < 4.78 is 19.2. The SMILES string of the molecule is CS(=N)(=O)CC1(O)CCN(c2ccnc3cnccc23)CC1. The van der Waals surface area contributed by atoms with Gasteiger partial charge in [0.25, 0.3) is 0 Å². The number of aliphatic hydroxyl groups is 1. The lowest BCUT2D eigenvalue weighted by Crippen LogP contribution is -2.48. The van der Waals surface area contributed by atoms with Crippen LogP contribution in [0.3, 0.4) is 0 Å². The number of nitrogens with one attached hydrogen (secondary N) is 1. The summed E-state index contributed by atoms with van der Waals surface area (Å²) >= 11 is 0. The smallest absolute Gasteiger partial charge is 0.0905 e. The lowest BCUT2D eigenvalue weighted by molar-refractivity contribution is 0.0390. The highest BCUT2D eigenvalue weighted by Gasteiger charge is 2.34. The molecule has 7 heteroatoms. The minimum atomic E-state index is -2.69. The predicted molar refractivity (Wildman–Crippen MR) is 87.6 cm³/mol. The van der Waals surface area contributed by atoms with Crippen molar-refractivity contribution in [2.24, 2.45) is 0 Å². The standard InChI is InChI=1S/C15H20N4O2S/c1-22(16,21)11-15(20)4-8-19(9-5-15)14-3-7-18-13-10-17-6-2-12(13)14/h2-3,6-7,10,16,20H,4-5,8-9,11H2,1H3. The van der Waals surface area contributed by atoms with Crippen LogP contribution in [0.2, 0.25) is 0 Å². The second-order valence-corrected chi connectivity index (χ2v) is 8.38. The molecule has 3 rings (SSSR count). The van der Waals surface area contributed by atoms with Gasteiger partial charge < -0.3 is 10.0 Å². The van der Waals surface area contributed by atoms with E-state index < -0.39 is 15.3 Å². The van der Waals surface area contributed by atoms with E-state index in [4.69, 9.17) is 4.78 Å². The number of nitrogens with zero attached hydrogens (tertiary/aromatic N) is 3. The molecule has 22 heavy (non-hydrogen) atoms. The number of anilines is 1. The van der Waals surface area contributed by atoms with Crippen molar-refractivity contribution in [2.45, 2.75) is 18.4 Å². The van der Waals surface area contributed by atoms with E-state index >= 15 is 0 Å². The van der Waals surface area contributed by atoms with Gasteiger partial charge in [-0.3, -0.25) is 19.0 Å². The molecule has 0 aromatic carbocycles. The summed E-state index contributed by atoms with van der Waals surface area (Å²) in [4.78, 5) is 10.6. The maximum atomic E-state index is 11.7. The molecule has 2 aromatic rings. The molecule has 0 spiro atoms. The van der Waals surface area contributed by atoms with E-state index in [9.17, 15) is 9.32 Å². The van der Waals surface area contributed by atoms with E-state index in [0.29, 0.717) is 25.9 Å². The molecule has 1 unspecified atom stereocenters. The average molecular weight is 320 g/mol. The van der Waals surface area contributed by atoms with E-state index in [1.54, 1.807) is 18.6 Å². The maximum Gasteiger partial charge on any atom is 0.0905 e. The summed E-state index contributed by atoms with van der Waals surface area (Å²) in [6.07, 6.45) is 7.69. The first-order chi connectivity index (χ1) is 10.4. The molecule has 0 saturated carbocycles. The second kappa shape index (κ2) is 5.48. The number of hydrogen-bond acceptors (Lipinski definition) is 6. The van der Waals surface area contributed by atoms with Crippen LogP contribution in [0.15, 0.2) is 30.7 Å². The topological polar surface area (TPSA) is 90.2 Å². The van der Waals surface area contributed by atoms with Crippen molar-refractivity contribution in [1.29, 1.82) is 4.78 Å². The fourth-order valence-electron chi connectivity index (χ4n) is 3.08. The normalized spacial score (nSPS) is 20.7. The molecule has 1 saturated heterocycles. The summed E-state index contributed by atoms with van der Waals surface area (Å²) in [5.41, 5.74) is 0.940. The van der Waals surface area contributed by atoms with E-state index in [0.717, 1.165) is 16.6 Å². The molecule has 118 valence electrons. The van der Waals surface area contributed by atoms with Gasteiger partial charge >= 0.3 is 0 Å². The molecule has 0 bridgehead atoms. The van der Waals surface area contributed by atoms with Gasteiger partial charge in [0.05, 0.1) is 23.1 Å². The van der Waals surface area contributed by atoms with E-state index in [-0.39, 0.29) is 5.75 Å². The zero-order valence-corrected chi connectivity index (χ0v) is 13.3. The Morgan fingerprint density at radius 1 is 1.36 bits per heavy atom. The molecule has 0 amide bonds. The fourth-order valence-corrected chi connectivity index (χ4v) is 4.39. The Balaban J connectivity index is 1.81. The van der Waals surface area contributed by atoms with Crippen LogP contribution < -0.4 is 4.90 Å². The van der Waals surface area contributed by atoms with Gasteiger partial charge in [0, 0.05) is 52.5 Å². The third-order valence-corrected chi connectivity index (χ3v) is 5.19. The third kappa shape index (κ3) is 3.20. The number of pyridine rings is 2. The summed E-state index contributed by atoms with van der Waals surface area (Å²) in [6, 6.07) is 3.92. The Morgan fingerprint density at radius 3 is 2.77 bits per heavy atom. The molecule has 2 aromatic heterocycles. The Hall–Kier alpha value is -1.73. The van der Waals surface area contributed by atoms with Gasteiger partial charge in [0.2, 0.25) is 0 Å². The van der Waals surface area contributed by atoms with Crippen LogP contribution in [0.4, 0.5) is 5.69 Å².